The summed E-state index contributed by atoms with van der Waals surface area (Å²) in [5.41, 5.74) is 3.32. The Hall–Kier alpha value is -2.51. The molecule has 1 aromatic carbocycles. The van der Waals surface area contributed by atoms with E-state index in [0.717, 1.165) is 32.1 Å². The van der Waals surface area contributed by atoms with Gasteiger partial charge in [0.2, 0.25) is 0 Å². The first-order valence-corrected chi connectivity index (χ1v) is 10.5. The van der Waals surface area contributed by atoms with Gasteiger partial charge in [-0.3, -0.25) is 9.78 Å². The maximum absolute atomic E-state index is 14.1. The van der Waals surface area contributed by atoms with Crippen molar-refractivity contribution in [3.63, 3.8) is 0 Å². The Morgan fingerprint density at radius 2 is 2.03 bits per heavy atom. The molecular weight excluding hydrogens is 389 g/mol. The molecule has 0 bridgehead atoms. The fraction of sp³-hybridized carbons (Fsp3) is 0.318. The van der Waals surface area contributed by atoms with Crippen molar-refractivity contribution in [3.05, 3.63) is 70.1 Å². The van der Waals surface area contributed by atoms with E-state index < -0.39 is 5.82 Å². The molecule has 5 rings (SSSR count). The number of hydrogen-bond acceptors (Lipinski definition) is 5. The molecule has 3 aliphatic heterocycles. The summed E-state index contributed by atoms with van der Waals surface area (Å²) < 4.78 is 20.3. The van der Waals surface area contributed by atoms with E-state index in [9.17, 15) is 9.18 Å². The lowest BCUT2D eigenvalue weighted by atomic mass is 9.84. The van der Waals surface area contributed by atoms with Crippen LogP contribution >= 0.6 is 11.8 Å². The average molecular weight is 409 g/mol. The Bertz CT molecular complexity index is 1060. The SMILES string of the molecule is C/C(=C1/SC(N2CCC3(CC2)OCc2ccccc23)=NC1=O)c1ccncc1F. The summed E-state index contributed by atoms with van der Waals surface area (Å²) >= 11 is 1.33. The van der Waals surface area contributed by atoms with Gasteiger partial charge in [-0.25, -0.2) is 4.39 Å². The van der Waals surface area contributed by atoms with Crippen LogP contribution in [0, 0.1) is 5.82 Å². The van der Waals surface area contributed by atoms with Gasteiger partial charge in [0.1, 0.15) is 5.82 Å². The highest BCUT2D eigenvalue weighted by Gasteiger charge is 2.43. The largest absolute Gasteiger partial charge is 0.365 e. The molecular formula is C22H20FN3O2S. The molecule has 2 aromatic rings. The minimum Gasteiger partial charge on any atom is -0.365 e. The van der Waals surface area contributed by atoms with Crippen LogP contribution in [0.1, 0.15) is 36.5 Å². The minimum absolute atomic E-state index is 0.227. The van der Waals surface area contributed by atoms with E-state index in [1.165, 1.54) is 29.1 Å². The summed E-state index contributed by atoms with van der Waals surface area (Å²) in [5.74, 6) is -0.738. The van der Waals surface area contributed by atoms with E-state index in [-0.39, 0.29) is 11.5 Å². The number of piperidine rings is 1. The molecule has 7 heteroatoms. The van der Waals surface area contributed by atoms with Gasteiger partial charge in [-0.15, -0.1) is 0 Å². The third kappa shape index (κ3) is 3.09. The van der Waals surface area contributed by atoms with Crippen LogP contribution in [-0.2, 0) is 21.7 Å². The minimum atomic E-state index is -0.434. The maximum atomic E-state index is 14.1. The van der Waals surface area contributed by atoms with Crippen LogP contribution < -0.4 is 0 Å². The van der Waals surface area contributed by atoms with Gasteiger partial charge in [-0.05, 0) is 54.3 Å². The van der Waals surface area contributed by atoms with E-state index in [2.05, 4.69) is 33.1 Å². The fourth-order valence-corrected chi connectivity index (χ4v) is 5.35. The highest BCUT2D eigenvalue weighted by atomic mass is 32.2. The van der Waals surface area contributed by atoms with Crippen molar-refractivity contribution in [2.45, 2.75) is 32.0 Å². The summed E-state index contributed by atoms with van der Waals surface area (Å²) in [6.45, 7) is 3.95. The van der Waals surface area contributed by atoms with Crippen molar-refractivity contribution in [3.8, 4) is 0 Å². The monoisotopic (exact) mass is 409 g/mol. The Morgan fingerprint density at radius 1 is 1.24 bits per heavy atom. The number of amides is 1. The molecule has 1 spiro atoms. The molecule has 1 fully saturated rings. The van der Waals surface area contributed by atoms with Crippen LogP contribution in [0.25, 0.3) is 5.57 Å². The first-order chi connectivity index (χ1) is 14.1. The van der Waals surface area contributed by atoms with Gasteiger partial charge >= 0.3 is 0 Å². The smallest absolute Gasteiger partial charge is 0.286 e. The number of thioether (sulfide) groups is 1. The molecule has 0 N–H and O–H groups in total. The number of aromatic nitrogens is 1. The number of allylic oxidation sites excluding steroid dienone is 1. The second-order valence-corrected chi connectivity index (χ2v) is 8.52. The number of likely N-dealkylation sites (tertiary alicyclic amines) is 1. The van der Waals surface area contributed by atoms with E-state index in [1.807, 2.05) is 6.07 Å². The number of hydrogen-bond donors (Lipinski definition) is 0. The number of halogens is 1. The number of pyridine rings is 1. The normalized spacial score (nSPS) is 22.1. The molecule has 0 saturated carbocycles. The molecule has 29 heavy (non-hydrogen) atoms. The quantitative estimate of drug-likeness (QED) is 0.664. The van der Waals surface area contributed by atoms with Gasteiger partial charge in [-0.2, -0.15) is 4.99 Å². The van der Waals surface area contributed by atoms with Gasteiger partial charge in [0.15, 0.2) is 5.17 Å². The van der Waals surface area contributed by atoms with Crippen LogP contribution in [0.3, 0.4) is 0 Å². The number of carbonyl (C=O) groups excluding carboxylic acids is 1. The first kappa shape index (κ1) is 18.5. The van der Waals surface area contributed by atoms with Crippen molar-refractivity contribution in [2.24, 2.45) is 4.99 Å². The van der Waals surface area contributed by atoms with E-state index in [4.69, 9.17) is 4.74 Å². The predicted octanol–water partition coefficient (Wildman–Crippen LogP) is 4.10. The van der Waals surface area contributed by atoms with E-state index in [1.54, 1.807) is 13.0 Å². The molecule has 0 radical (unpaired) electrons. The van der Waals surface area contributed by atoms with E-state index in [0.29, 0.717) is 27.8 Å². The third-order valence-corrected chi connectivity index (χ3v) is 7.17. The van der Waals surface area contributed by atoms with Gasteiger partial charge < -0.3 is 9.64 Å². The molecule has 148 valence electrons. The number of fused-ring (bicyclic) bond motifs is 2. The number of aliphatic imine (C=N–C) groups is 1. The van der Waals surface area contributed by atoms with Crippen molar-refractivity contribution in [2.75, 3.05) is 13.1 Å². The number of amidine groups is 1. The van der Waals surface area contributed by atoms with Crippen LogP contribution in [0.2, 0.25) is 0 Å². The Labute approximate surface area is 172 Å². The van der Waals surface area contributed by atoms with Crippen LogP contribution in [-0.4, -0.2) is 34.0 Å². The summed E-state index contributed by atoms with van der Waals surface area (Å²) in [4.78, 5) is 23.2. The summed E-state index contributed by atoms with van der Waals surface area (Å²) in [5, 5.41) is 0.694. The van der Waals surface area contributed by atoms with Gasteiger partial charge in [0.05, 0.1) is 23.3 Å². The van der Waals surface area contributed by atoms with Crippen molar-refractivity contribution < 1.29 is 13.9 Å². The Kier molecular flexibility index (Phi) is 4.52. The summed E-state index contributed by atoms with van der Waals surface area (Å²) in [6, 6.07) is 9.99. The number of ether oxygens (including phenoxy) is 1. The predicted molar refractivity (Wildman–Crippen MR) is 111 cm³/mol. The van der Waals surface area contributed by atoms with Crippen LogP contribution in [0.5, 0.6) is 0 Å². The molecule has 5 nitrogen and oxygen atoms in total. The highest BCUT2D eigenvalue weighted by molar-refractivity contribution is 8.18. The summed E-state index contributed by atoms with van der Waals surface area (Å²) in [6.07, 6.45) is 4.40. The molecule has 4 heterocycles. The maximum Gasteiger partial charge on any atom is 0.286 e. The number of rotatable bonds is 1. The Morgan fingerprint density at radius 3 is 2.83 bits per heavy atom. The van der Waals surface area contributed by atoms with Crippen molar-refractivity contribution in [1.82, 2.24) is 9.88 Å². The van der Waals surface area contributed by atoms with Gasteiger partial charge in [0.25, 0.3) is 5.91 Å². The number of benzene rings is 1. The molecule has 0 aliphatic carbocycles. The molecule has 1 amide bonds. The molecule has 1 saturated heterocycles. The third-order valence-electron chi connectivity index (χ3n) is 5.96. The van der Waals surface area contributed by atoms with Crippen LogP contribution in [0.15, 0.2) is 52.6 Å². The second kappa shape index (κ2) is 7.07. The van der Waals surface area contributed by atoms with E-state index >= 15 is 0 Å². The molecule has 3 aliphatic rings. The van der Waals surface area contributed by atoms with Crippen LogP contribution in [0.4, 0.5) is 4.39 Å². The lowest BCUT2D eigenvalue weighted by Crippen LogP contribution is -2.44. The standard InChI is InChI=1S/C22H20FN3O2S/c1-14(16-6-9-24-12-18(16)23)19-20(27)25-21(29-19)26-10-7-22(8-11-26)17-5-3-2-4-15(17)13-28-22/h2-6,9,12H,7-8,10-11,13H2,1H3/b19-14-. The molecule has 0 atom stereocenters. The lowest BCUT2D eigenvalue weighted by molar-refractivity contribution is -0.113. The second-order valence-electron chi connectivity index (χ2n) is 7.54. The Balaban J connectivity index is 1.33. The molecule has 0 unspecified atom stereocenters. The highest BCUT2D eigenvalue weighted by Crippen LogP contribution is 2.45. The zero-order valence-electron chi connectivity index (χ0n) is 16.0. The number of carbonyl (C=O) groups is 1. The van der Waals surface area contributed by atoms with Gasteiger partial charge in [-0.1, -0.05) is 24.3 Å². The number of nitrogens with zero attached hydrogens (tertiary/aromatic N) is 3. The van der Waals surface area contributed by atoms with Crippen molar-refractivity contribution >= 4 is 28.4 Å². The zero-order valence-corrected chi connectivity index (χ0v) is 16.8. The fourth-order valence-electron chi connectivity index (χ4n) is 4.33. The topological polar surface area (TPSA) is 54.8 Å². The lowest BCUT2D eigenvalue weighted by Gasteiger charge is -2.39. The summed E-state index contributed by atoms with van der Waals surface area (Å²) in [7, 11) is 0. The first-order valence-electron chi connectivity index (χ1n) is 9.66. The van der Waals surface area contributed by atoms with Gasteiger partial charge in [0, 0.05) is 24.8 Å². The van der Waals surface area contributed by atoms with Crippen molar-refractivity contribution in [1.29, 1.82) is 0 Å². The zero-order chi connectivity index (χ0) is 20.0. The average Bonchev–Trinajstić information content (AvgIpc) is 3.30. The molecule has 1 aromatic heterocycles.